The molecule has 0 saturated heterocycles. The number of benzene rings is 1. The highest BCUT2D eigenvalue weighted by atomic mass is 19.1. The zero-order valence-corrected chi connectivity index (χ0v) is 8.22. The summed E-state index contributed by atoms with van der Waals surface area (Å²) in [5.74, 6) is -2.24. The summed E-state index contributed by atoms with van der Waals surface area (Å²) in [7, 11) is 1.32. The van der Waals surface area contributed by atoms with Crippen molar-refractivity contribution >= 4 is 5.78 Å². The molecule has 80 valence electrons. The number of ether oxygens (including phenoxy) is 1. The number of hydrogen-bond acceptors (Lipinski definition) is 2. The van der Waals surface area contributed by atoms with Crippen LogP contribution in [0.2, 0.25) is 0 Å². The first-order valence-electron chi connectivity index (χ1n) is 4.70. The number of carbonyl (C=O) groups excluding carboxylic acids is 1. The molecule has 0 N–H and O–H groups in total. The van der Waals surface area contributed by atoms with E-state index in [0.29, 0.717) is 0 Å². The molecule has 1 aromatic rings. The molecule has 0 heterocycles. The van der Waals surface area contributed by atoms with Crippen molar-refractivity contribution in [3.8, 4) is 5.75 Å². The molecule has 2 nitrogen and oxygen atoms in total. The first-order valence-corrected chi connectivity index (χ1v) is 4.70. The average Bonchev–Trinajstić information content (AvgIpc) is 2.99. The fraction of sp³-hybridized carbons (Fsp3) is 0.364. The Morgan fingerprint density at radius 1 is 1.33 bits per heavy atom. The minimum absolute atomic E-state index is 0.0809. The summed E-state index contributed by atoms with van der Waals surface area (Å²) >= 11 is 0. The summed E-state index contributed by atoms with van der Waals surface area (Å²) in [5.41, 5.74) is -0.432. The summed E-state index contributed by atoms with van der Waals surface area (Å²) in [6.45, 7) is 0. The number of carbonyl (C=O) groups is 1. The lowest BCUT2D eigenvalue weighted by Gasteiger charge is -2.05. The van der Waals surface area contributed by atoms with Gasteiger partial charge in [0.25, 0.3) is 0 Å². The summed E-state index contributed by atoms with van der Waals surface area (Å²) < 4.78 is 31.5. The van der Waals surface area contributed by atoms with Crippen LogP contribution in [0, 0.1) is 17.6 Å². The predicted octanol–water partition coefficient (Wildman–Crippen LogP) is 2.57. The van der Waals surface area contributed by atoms with Gasteiger partial charge in [-0.2, -0.15) is 0 Å². The van der Waals surface area contributed by atoms with E-state index in [0.717, 1.165) is 25.0 Å². The number of halogens is 2. The molecule has 0 atom stereocenters. The highest BCUT2D eigenvalue weighted by Crippen LogP contribution is 2.34. The van der Waals surface area contributed by atoms with Crippen LogP contribution in [0.25, 0.3) is 0 Å². The van der Waals surface area contributed by atoms with Gasteiger partial charge in [-0.25, -0.2) is 8.78 Å². The first kappa shape index (κ1) is 10.1. The van der Waals surface area contributed by atoms with E-state index in [-0.39, 0.29) is 11.7 Å². The molecule has 0 aromatic heterocycles. The lowest BCUT2D eigenvalue weighted by Crippen LogP contribution is -2.08. The molecular formula is C11H10F2O2. The topological polar surface area (TPSA) is 26.3 Å². The van der Waals surface area contributed by atoms with Crippen LogP contribution in [-0.2, 0) is 0 Å². The van der Waals surface area contributed by atoms with Crippen molar-refractivity contribution in [3.05, 3.63) is 29.3 Å². The predicted molar refractivity (Wildman–Crippen MR) is 50.0 cm³/mol. The molecule has 1 saturated carbocycles. The molecule has 1 fully saturated rings. The van der Waals surface area contributed by atoms with Gasteiger partial charge in [-0.3, -0.25) is 4.79 Å². The second kappa shape index (κ2) is 3.61. The van der Waals surface area contributed by atoms with Crippen molar-refractivity contribution < 1.29 is 18.3 Å². The van der Waals surface area contributed by atoms with Crippen molar-refractivity contribution in [1.82, 2.24) is 0 Å². The molecule has 0 unspecified atom stereocenters. The highest BCUT2D eigenvalue weighted by molar-refractivity contribution is 5.99. The number of Topliss-reactive ketones (excluding diaryl/α,β-unsaturated/α-hetero) is 1. The molecule has 4 heteroatoms. The normalized spacial score (nSPS) is 15.1. The zero-order valence-electron chi connectivity index (χ0n) is 8.22. The summed E-state index contributed by atoms with van der Waals surface area (Å²) in [4.78, 5) is 11.5. The average molecular weight is 212 g/mol. The van der Waals surface area contributed by atoms with Gasteiger partial charge in [0.05, 0.1) is 12.7 Å². The molecule has 2 rings (SSSR count). The van der Waals surface area contributed by atoms with Crippen LogP contribution in [0.3, 0.4) is 0 Å². The van der Waals surface area contributed by atoms with Crippen LogP contribution in [-0.4, -0.2) is 12.9 Å². The zero-order chi connectivity index (χ0) is 11.0. The van der Waals surface area contributed by atoms with E-state index < -0.39 is 23.0 Å². The molecule has 0 aliphatic heterocycles. The van der Waals surface area contributed by atoms with E-state index >= 15 is 0 Å². The van der Waals surface area contributed by atoms with E-state index in [4.69, 9.17) is 4.74 Å². The lowest BCUT2D eigenvalue weighted by molar-refractivity contribution is 0.0959. The van der Waals surface area contributed by atoms with Crippen molar-refractivity contribution in [2.45, 2.75) is 12.8 Å². The lowest BCUT2D eigenvalue weighted by atomic mass is 10.1. The van der Waals surface area contributed by atoms with E-state index in [1.54, 1.807) is 0 Å². The monoisotopic (exact) mass is 212 g/mol. The van der Waals surface area contributed by atoms with E-state index in [9.17, 15) is 13.6 Å². The van der Waals surface area contributed by atoms with E-state index in [1.807, 2.05) is 0 Å². The standard InChI is InChI=1S/C11H10F2O2/c1-15-7-4-8(12)10(9(13)5-7)11(14)6-2-3-6/h4-6H,2-3H2,1H3. The minimum Gasteiger partial charge on any atom is -0.497 e. The van der Waals surface area contributed by atoms with Crippen molar-refractivity contribution in [3.63, 3.8) is 0 Å². The van der Waals surface area contributed by atoms with Gasteiger partial charge < -0.3 is 4.74 Å². The Bertz CT molecular complexity index is 388. The molecule has 0 radical (unpaired) electrons. The Morgan fingerprint density at radius 2 is 1.87 bits per heavy atom. The summed E-state index contributed by atoms with van der Waals surface area (Å²) in [5, 5.41) is 0. The first-order chi connectivity index (χ1) is 7.13. The third kappa shape index (κ3) is 1.84. The van der Waals surface area contributed by atoms with Crippen molar-refractivity contribution in [2.24, 2.45) is 5.92 Å². The van der Waals surface area contributed by atoms with Gasteiger partial charge in [0.2, 0.25) is 0 Å². The number of hydrogen-bond donors (Lipinski definition) is 0. The Balaban J connectivity index is 2.42. The van der Waals surface area contributed by atoms with E-state index in [1.165, 1.54) is 7.11 Å². The quantitative estimate of drug-likeness (QED) is 0.720. The maximum atomic E-state index is 13.4. The van der Waals surface area contributed by atoms with Crippen molar-refractivity contribution in [2.75, 3.05) is 7.11 Å². The van der Waals surface area contributed by atoms with Crippen LogP contribution in [0.4, 0.5) is 8.78 Å². The number of methoxy groups -OCH3 is 1. The molecular weight excluding hydrogens is 202 g/mol. The number of ketones is 1. The third-order valence-electron chi connectivity index (χ3n) is 2.45. The van der Waals surface area contributed by atoms with E-state index in [2.05, 4.69) is 0 Å². The summed E-state index contributed by atoms with van der Waals surface area (Å²) in [6.07, 6.45) is 1.45. The third-order valence-corrected chi connectivity index (χ3v) is 2.45. The largest absolute Gasteiger partial charge is 0.497 e. The Hall–Kier alpha value is -1.45. The molecule has 0 spiro atoms. The molecule has 1 aliphatic rings. The van der Waals surface area contributed by atoms with Crippen LogP contribution < -0.4 is 4.74 Å². The fourth-order valence-electron chi connectivity index (χ4n) is 1.45. The second-order valence-electron chi connectivity index (χ2n) is 3.60. The maximum Gasteiger partial charge on any atom is 0.171 e. The molecule has 1 aliphatic carbocycles. The van der Waals surface area contributed by atoms with Crippen molar-refractivity contribution in [1.29, 1.82) is 0 Å². The molecule has 0 amide bonds. The molecule has 1 aromatic carbocycles. The Morgan fingerprint density at radius 3 is 2.27 bits per heavy atom. The van der Waals surface area contributed by atoms with Crippen LogP contribution in [0.1, 0.15) is 23.2 Å². The molecule has 15 heavy (non-hydrogen) atoms. The van der Waals surface area contributed by atoms with Gasteiger partial charge >= 0.3 is 0 Å². The smallest absolute Gasteiger partial charge is 0.171 e. The Kier molecular flexibility index (Phi) is 2.42. The fourth-order valence-corrected chi connectivity index (χ4v) is 1.45. The van der Waals surface area contributed by atoms with Crippen LogP contribution >= 0.6 is 0 Å². The highest BCUT2D eigenvalue weighted by Gasteiger charge is 2.34. The molecule has 0 bridgehead atoms. The Labute approximate surface area is 85.9 Å². The van der Waals surface area contributed by atoms with Gasteiger partial charge in [-0.15, -0.1) is 0 Å². The van der Waals surface area contributed by atoms with Crippen LogP contribution in [0.15, 0.2) is 12.1 Å². The van der Waals surface area contributed by atoms with Gasteiger partial charge in [0, 0.05) is 18.1 Å². The van der Waals surface area contributed by atoms with Gasteiger partial charge in [-0.05, 0) is 12.8 Å². The minimum atomic E-state index is -0.844. The summed E-state index contributed by atoms with van der Waals surface area (Å²) in [6, 6.07) is 2.05. The SMILES string of the molecule is COc1cc(F)c(C(=O)C2CC2)c(F)c1. The second-order valence-corrected chi connectivity index (χ2v) is 3.60. The van der Waals surface area contributed by atoms with Crippen LogP contribution in [0.5, 0.6) is 5.75 Å². The van der Waals surface area contributed by atoms with Gasteiger partial charge in [0.1, 0.15) is 17.4 Å². The number of rotatable bonds is 3. The van der Waals surface area contributed by atoms with Gasteiger partial charge in [-0.1, -0.05) is 0 Å². The maximum absolute atomic E-state index is 13.4. The van der Waals surface area contributed by atoms with Gasteiger partial charge in [0.15, 0.2) is 5.78 Å².